The Morgan fingerprint density at radius 3 is 2.20 bits per heavy atom. The number of ether oxygens (including phenoxy) is 1. The fraction of sp³-hybridized carbons (Fsp3) is 0.424. The number of carboxylic acid groups (broad SMARTS) is 1. The van der Waals surface area contributed by atoms with E-state index in [4.69, 9.17) is 16.3 Å². The zero-order valence-electron chi connectivity index (χ0n) is 27.1. The van der Waals surface area contributed by atoms with Crippen molar-refractivity contribution in [3.8, 4) is 6.01 Å². The predicted molar refractivity (Wildman–Crippen MR) is 177 cm³/mol. The third kappa shape index (κ3) is 10.5. The van der Waals surface area contributed by atoms with Crippen LogP contribution in [0, 0.1) is 5.41 Å². The molecular weight excluding hydrogens is 699 g/mol. The van der Waals surface area contributed by atoms with Gasteiger partial charge in [0.1, 0.15) is 6.04 Å². The molecule has 0 unspecified atom stereocenters. The Balaban J connectivity index is 1.18. The number of hydrogen-bond acceptors (Lipinski definition) is 11. The zero-order valence-corrected chi connectivity index (χ0v) is 27.8. The number of amides is 2. The van der Waals surface area contributed by atoms with Crippen molar-refractivity contribution in [3.63, 3.8) is 0 Å². The van der Waals surface area contributed by atoms with Crippen LogP contribution in [-0.4, -0.2) is 80.7 Å². The van der Waals surface area contributed by atoms with Crippen LogP contribution in [0.2, 0.25) is 5.02 Å². The Kier molecular flexibility index (Phi) is 11.3. The number of anilines is 3. The van der Waals surface area contributed by atoms with E-state index in [-0.39, 0.29) is 48.9 Å². The van der Waals surface area contributed by atoms with Crippen molar-refractivity contribution in [2.75, 3.05) is 30.4 Å². The number of aromatic nitrogens is 3. The smallest absolute Gasteiger partial charge is 0.422 e. The van der Waals surface area contributed by atoms with Crippen LogP contribution in [0.1, 0.15) is 60.9 Å². The van der Waals surface area contributed by atoms with Crippen molar-refractivity contribution >= 4 is 52.8 Å². The monoisotopic (exact) mass is 733 g/mol. The van der Waals surface area contributed by atoms with E-state index in [0.29, 0.717) is 30.0 Å². The third-order valence-corrected chi connectivity index (χ3v) is 8.88. The Morgan fingerprint density at radius 1 is 0.941 bits per heavy atom. The number of aliphatic hydroxyl groups excluding tert-OH is 1. The first-order chi connectivity index (χ1) is 24.2. The maximum atomic E-state index is 12.9. The summed E-state index contributed by atoms with van der Waals surface area (Å²) in [6, 6.07) is 10.8. The summed E-state index contributed by atoms with van der Waals surface area (Å²) in [7, 11) is 0. The Hall–Kier alpha value is -5.03. The lowest BCUT2D eigenvalue weighted by Crippen LogP contribution is -2.43. The molecule has 18 heteroatoms. The summed E-state index contributed by atoms with van der Waals surface area (Å²) in [6.07, 6.45) is -1.47. The number of hydrogen-bond donors (Lipinski definition) is 6. The molecule has 0 spiro atoms. The Morgan fingerprint density at radius 2 is 1.61 bits per heavy atom. The molecule has 3 aromatic rings. The van der Waals surface area contributed by atoms with Gasteiger partial charge in [-0.05, 0) is 85.9 Å². The van der Waals surface area contributed by atoms with Gasteiger partial charge in [-0.15, -0.1) is 0 Å². The SMILES string of the molecule is O=C(CCC1(CO)CC1)C(=O)NCC[C@H](NC(=O)c1ccc(Nc2nc(NC3(c4ccc(Cl)cc4)CC3)nc(OCC(F)(F)F)n2)cc1)C(=O)O. The van der Waals surface area contributed by atoms with Crippen LogP contribution in [0.15, 0.2) is 48.5 Å². The van der Waals surface area contributed by atoms with Crippen molar-refractivity contribution in [3.05, 3.63) is 64.7 Å². The van der Waals surface area contributed by atoms with E-state index in [9.17, 15) is 42.6 Å². The normalized spacial score (nSPS) is 15.9. The molecular formula is C33H35ClF3N7O7. The van der Waals surface area contributed by atoms with Gasteiger partial charge in [-0.25, -0.2) is 4.79 Å². The molecule has 2 aliphatic rings. The van der Waals surface area contributed by atoms with Crippen molar-refractivity contribution in [2.24, 2.45) is 5.41 Å². The maximum Gasteiger partial charge on any atom is 0.422 e. The molecule has 272 valence electrons. The zero-order chi connectivity index (χ0) is 36.8. The molecule has 2 aliphatic carbocycles. The molecule has 0 saturated heterocycles. The summed E-state index contributed by atoms with van der Waals surface area (Å²) in [5.41, 5.74) is 0.451. The first-order valence-corrected chi connectivity index (χ1v) is 16.4. The molecule has 6 N–H and O–H groups in total. The van der Waals surface area contributed by atoms with E-state index in [1.54, 1.807) is 12.1 Å². The van der Waals surface area contributed by atoms with E-state index in [1.165, 1.54) is 24.3 Å². The van der Waals surface area contributed by atoms with Crippen LogP contribution >= 0.6 is 11.6 Å². The number of nitrogens with one attached hydrogen (secondary N) is 4. The summed E-state index contributed by atoms with van der Waals surface area (Å²) in [5, 5.41) is 30.3. The van der Waals surface area contributed by atoms with Crippen LogP contribution < -0.4 is 26.0 Å². The number of alkyl halides is 3. The average Bonchev–Trinajstić information content (AvgIpc) is 4.03. The van der Waals surface area contributed by atoms with E-state index in [2.05, 4.69) is 36.2 Å². The largest absolute Gasteiger partial charge is 0.480 e. The molecule has 1 aromatic heterocycles. The highest BCUT2D eigenvalue weighted by Gasteiger charge is 2.45. The van der Waals surface area contributed by atoms with E-state index in [1.807, 2.05) is 12.1 Å². The molecule has 0 bridgehead atoms. The summed E-state index contributed by atoms with van der Waals surface area (Å²) >= 11 is 6.01. The number of carboxylic acids is 1. The Bertz CT molecular complexity index is 1750. The number of ketones is 1. The quantitative estimate of drug-likeness (QED) is 0.102. The highest BCUT2D eigenvalue weighted by atomic mass is 35.5. The van der Waals surface area contributed by atoms with Crippen molar-refractivity contribution in [2.45, 2.75) is 62.7 Å². The second kappa shape index (κ2) is 15.5. The topological polar surface area (TPSA) is 205 Å². The molecule has 5 rings (SSSR count). The maximum absolute atomic E-state index is 12.9. The lowest BCUT2D eigenvalue weighted by molar-refractivity contribution is -0.154. The standard InChI is InChI=1S/C33H35ClF3N7O7/c34-21-5-3-20(4-6-21)32(14-15-32)44-29-41-28(42-30(43-29)51-18-33(35,36)37)39-22-7-1-19(2-8-22)25(47)40-23(27(49)50)10-16-38-26(48)24(46)9-11-31(17-45)12-13-31/h1-8,23,45H,9-18H2,(H,38,48)(H,40,47)(H,49,50)(H2,39,41,42,43,44)/t23-/m0/s1. The lowest BCUT2D eigenvalue weighted by Gasteiger charge is -2.19. The summed E-state index contributed by atoms with van der Waals surface area (Å²) < 4.78 is 43.5. The van der Waals surface area contributed by atoms with Crippen molar-refractivity contribution in [1.29, 1.82) is 0 Å². The first-order valence-electron chi connectivity index (χ1n) is 16.0. The molecule has 0 radical (unpaired) electrons. The van der Waals surface area contributed by atoms with Gasteiger partial charge in [0.2, 0.25) is 17.7 Å². The van der Waals surface area contributed by atoms with Crippen LogP contribution in [0.3, 0.4) is 0 Å². The Labute approximate surface area is 294 Å². The minimum atomic E-state index is -4.64. The number of nitrogens with zero attached hydrogens (tertiary/aromatic N) is 3. The first kappa shape index (κ1) is 37.2. The van der Waals surface area contributed by atoms with Crippen molar-refractivity contribution < 1.29 is 47.3 Å². The molecule has 51 heavy (non-hydrogen) atoms. The molecule has 2 saturated carbocycles. The number of benzene rings is 2. The molecule has 2 fully saturated rings. The molecule has 2 aromatic carbocycles. The van der Waals surface area contributed by atoms with Gasteiger partial charge in [0.25, 0.3) is 11.8 Å². The van der Waals surface area contributed by atoms with Crippen molar-refractivity contribution in [1.82, 2.24) is 25.6 Å². The number of aliphatic carboxylic acids is 1. The number of rotatable bonds is 18. The fourth-order valence-electron chi connectivity index (χ4n) is 5.19. The minimum absolute atomic E-state index is 0.0281. The van der Waals surface area contributed by atoms with Crippen LogP contribution in [0.25, 0.3) is 0 Å². The van der Waals surface area contributed by atoms with Gasteiger partial charge in [0, 0.05) is 35.8 Å². The van der Waals surface area contributed by atoms with Gasteiger partial charge in [-0.2, -0.15) is 28.1 Å². The second-order valence-electron chi connectivity index (χ2n) is 12.6. The van der Waals surface area contributed by atoms with Crippen LogP contribution in [0.5, 0.6) is 6.01 Å². The molecule has 1 atom stereocenters. The lowest BCUT2D eigenvalue weighted by atomic mass is 9.99. The summed E-state index contributed by atoms with van der Waals surface area (Å²) in [5.74, 6) is -3.81. The third-order valence-electron chi connectivity index (χ3n) is 8.63. The van der Waals surface area contributed by atoms with Crippen LogP contribution in [-0.2, 0) is 19.9 Å². The fourth-order valence-corrected chi connectivity index (χ4v) is 5.32. The number of aliphatic hydroxyl groups is 1. The number of halogens is 4. The van der Waals surface area contributed by atoms with E-state index < -0.39 is 53.9 Å². The number of carbonyl (C=O) groups is 4. The van der Waals surface area contributed by atoms with E-state index in [0.717, 1.165) is 18.4 Å². The number of carbonyl (C=O) groups excluding carboxylic acids is 3. The van der Waals surface area contributed by atoms with Gasteiger partial charge in [0.15, 0.2) is 6.61 Å². The average molecular weight is 734 g/mol. The molecule has 1 heterocycles. The molecule has 2 amide bonds. The summed E-state index contributed by atoms with van der Waals surface area (Å²) in [4.78, 5) is 61.2. The van der Waals surface area contributed by atoms with Gasteiger partial charge < -0.3 is 36.2 Å². The van der Waals surface area contributed by atoms with Gasteiger partial charge in [0.05, 0.1) is 5.54 Å². The highest BCUT2D eigenvalue weighted by Crippen LogP contribution is 2.49. The second-order valence-corrected chi connectivity index (χ2v) is 13.0. The van der Waals surface area contributed by atoms with Gasteiger partial charge in [-0.3, -0.25) is 14.4 Å². The predicted octanol–water partition coefficient (Wildman–Crippen LogP) is 4.12. The molecule has 0 aliphatic heterocycles. The minimum Gasteiger partial charge on any atom is -0.480 e. The van der Waals surface area contributed by atoms with Gasteiger partial charge in [-0.1, -0.05) is 23.7 Å². The van der Waals surface area contributed by atoms with Gasteiger partial charge >= 0.3 is 18.2 Å². The highest BCUT2D eigenvalue weighted by molar-refractivity contribution is 6.36. The summed E-state index contributed by atoms with van der Waals surface area (Å²) in [6.45, 7) is -1.86. The number of Topliss-reactive ketones (excluding diaryl/α,β-unsaturated/α-hetero) is 1. The molecule has 14 nitrogen and oxygen atoms in total. The van der Waals surface area contributed by atoms with E-state index >= 15 is 0 Å². The van der Waals surface area contributed by atoms with Crippen LogP contribution in [0.4, 0.5) is 30.8 Å².